The van der Waals surface area contributed by atoms with Gasteiger partial charge in [-0.05, 0) is 30.0 Å². The van der Waals surface area contributed by atoms with Crippen LogP contribution in [0.4, 0.5) is 13.2 Å². The van der Waals surface area contributed by atoms with Gasteiger partial charge in [0.05, 0.1) is 17.2 Å². The second-order valence-electron chi connectivity index (χ2n) is 4.10. The minimum Gasteiger partial charge on any atom is -0.192 e. The predicted octanol–water partition coefficient (Wildman–Crippen LogP) is 4.48. The van der Waals surface area contributed by atoms with E-state index in [2.05, 4.69) is 0 Å². The largest absolute Gasteiger partial charge is 0.416 e. The van der Waals surface area contributed by atoms with Gasteiger partial charge in [-0.3, -0.25) is 0 Å². The second kappa shape index (κ2) is 5.22. The zero-order valence-electron chi connectivity index (χ0n) is 9.80. The first kappa shape index (κ1) is 13.6. The summed E-state index contributed by atoms with van der Waals surface area (Å²) in [5.74, 6) is -0.149. The lowest BCUT2D eigenvalue weighted by Crippen LogP contribution is -2.11. The molecule has 1 rings (SSSR count). The van der Waals surface area contributed by atoms with Gasteiger partial charge in [0, 0.05) is 0 Å². The van der Waals surface area contributed by atoms with Crippen molar-refractivity contribution in [3.8, 4) is 6.07 Å². The van der Waals surface area contributed by atoms with Gasteiger partial charge in [0.15, 0.2) is 0 Å². The Hall–Kier alpha value is -1.50. The van der Waals surface area contributed by atoms with E-state index in [9.17, 15) is 13.2 Å². The van der Waals surface area contributed by atoms with Crippen molar-refractivity contribution in [2.75, 3.05) is 0 Å². The Labute approximate surface area is 98.9 Å². The van der Waals surface area contributed by atoms with E-state index in [1.165, 1.54) is 12.1 Å². The zero-order valence-corrected chi connectivity index (χ0v) is 9.80. The van der Waals surface area contributed by atoms with Crippen LogP contribution in [0.25, 0.3) is 0 Å². The van der Waals surface area contributed by atoms with Gasteiger partial charge in [0.25, 0.3) is 0 Å². The van der Waals surface area contributed by atoms with Gasteiger partial charge in [0.1, 0.15) is 0 Å². The molecule has 1 atom stereocenters. The van der Waals surface area contributed by atoms with Gasteiger partial charge in [-0.25, -0.2) is 0 Å². The molecular weight excluding hydrogens is 227 g/mol. The van der Waals surface area contributed by atoms with Crippen molar-refractivity contribution in [3.63, 3.8) is 0 Å². The number of hydrogen-bond donors (Lipinski definition) is 0. The molecule has 0 bridgehead atoms. The quantitative estimate of drug-likeness (QED) is 0.765. The Kier molecular flexibility index (Phi) is 4.17. The molecule has 0 heterocycles. The van der Waals surface area contributed by atoms with Crippen LogP contribution in [0.2, 0.25) is 0 Å². The Morgan fingerprint density at radius 3 is 2.47 bits per heavy atom. The molecule has 1 aromatic carbocycles. The minimum absolute atomic E-state index is 0.0461. The van der Waals surface area contributed by atoms with Gasteiger partial charge < -0.3 is 0 Å². The highest BCUT2D eigenvalue weighted by molar-refractivity contribution is 5.41. The summed E-state index contributed by atoms with van der Waals surface area (Å²) in [7, 11) is 0. The van der Waals surface area contributed by atoms with Crippen LogP contribution in [0.3, 0.4) is 0 Å². The van der Waals surface area contributed by atoms with Gasteiger partial charge >= 0.3 is 6.18 Å². The standard InChI is InChI=1S/C13H14F3N/c1-3-4-9(2)11-6-5-10(8-17)7-12(11)13(14,15)16/h5-7,9H,3-4H2,1-2H3. The van der Waals surface area contributed by atoms with Crippen molar-refractivity contribution in [1.82, 2.24) is 0 Å². The van der Waals surface area contributed by atoms with Crippen LogP contribution in [0.1, 0.15) is 49.3 Å². The highest BCUT2D eigenvalue weighted by atomic mass is 19.4. The topological polar surface area (TPSA) is 23.8 Å². The van der Waals surface area contributed by atoms with E-state index in [4.69, 9.17) is 5.26 Å². The fourth-order valence-corrected chi connectivity index (χ4v) is 1.89. The van der Waals surface area contributed by atoms with Crippen molar-refractivity contribution in [2.24, 2.45) is 0 Å². The van der Waals surface area contributed by atoms with Crippen molar-refractivity contribution < 1.29 is 13.2 Å². The lowest BCUT2D eigenvalue weighted by Gasteiger charge is -2.18. The Bertz CT molecular complexity index is 429. The van der Waals surface area contributed by atoms with E-state index >= 15 is 0 Å². The predicted molar refractivity (Wildman–Crippen MR) is 59.5 cm³/mol. The monoisotopic (exact) mass is 241 g/mol. The van der Waals surface area contributed by atoms with Gasteiger partial charge in [-0.1, -0.05) is 26.3 Å². The van der Waals surface area contributed by atoms with Crippen molar-refractivity contribution >= 4 is 0 Å². The maximum Gasteiger partial charge on any atom is 0.416 e. The first-order valence-corrected chi connectivity index (χ1v) is 5.51. The number of nitriles is 1. The molecule has 0 aliphatic rings. The fraction of sp³-hybridized carbons (Fsp3) is 0.462. The SMILES string of the molecule is CCCC(C)c1ccc(C#N)cc1C(F)(F)F. The van der Waals surface area contributed by atoms with E-state index in [0.29, 0.717) is 6.42 Å². The van der Waals surface area contributed by atoms with Crippen LogP contribution in [-0.2, 0) is 6.18 Å². The fourth-order valence-electron chi connectivity index (χ4n) is 1.89. The average molecular weight is 241 g/mol. The second-order valence-corrected chi connectivity index (χ2v) is 4.10. The van der Waals surface area contributed by atoms with Crippen LogP contribution in [0.5, 0.6) is 0 Å². The molecule has 0 aromatic heterocycles. The Morgan fingerprint density at radius 1 is 1.35 bits per heavy atom. The Balaban J connectivity index is 3.26. The number of rotatable bonds is 3. The van der Waals surface area contributed by atoms with Gasteiger partial charge in [0.2, 0.25) is 0 Å². The van der Waals surface area contributed by atoms with Crippen LogP contribution in [-0.4, -0.2) is 0 Å². The third-order valence-corrected chi connectivity index (χ3v) is 2.74. The zero-order chi connectivity index (χ0) is 13.1. The summed E-state index contributed by atoms with van der Waals surface area (Å²) < 4.78 is 38.6. The summed E-state index contributed by atoms with van der Waals surface area (Å²) in [6.45, 7) is 3.72. The van der Waals surface area contributed by atoms with Crippen molar-refractivity contribution in [3.05, 3.63) is 34.9 Å². The molecule has 1 nitrogen and oxygen atoms in total. The van der Waals surface area contributed by atoms with Crippen molar-refractivity contribution in [1.29, 1.82) is 5.26 Å². The lowest BCUT2D eigenvalue weighted by molar-refractivity contribution is -0.138. The summed E-state index contributed by atoms with van der Waals surface area (Å²) in [5, 5.41) is 8.64. The third-order valence-electron chi connectivity index (χ3n) is 2.74. The summed E-state index contributed by atoms with van der Waals surface area (Å²) in [5.41, 5.74) is -0.361. The average Bonchev–Trinajstić information content (AvgIpc) is 2.27. The number of alkyl halides is 3. The Morgan fingerprint density at radius 2 is 2.00 bits per heavy atom. The third kappa shape index (κ3) is 3.23. The summed E-state index contributed by atoms with van der Waals surface area (Å²) in [6, 6.07) is 5.53. The smallest absolute Gasteiger partial charge is 0.192 e. The van der Waals surface area contributed by atoms with Crippen LogP contribution < -0.4 is 0 Å². The summed E-state index contributed by atoms with van der Waals surface area (Å²) >= 11 is 0. The molecule has 17 heavy (non-hydrogen) atoms. The maximum absolute atomic E-state index is 12.9. The molecule has 0 N–H and O–H groups in total. The van der Waals surface area contributed by atoms with E-state index < -0.39 is 11.7 Å². The normalized spacial score (nSPS) is 13.2. The summed E-state index contributed by atoms with van der Waals surface area (Å²) in [4.78, 5) is 0. The van der Waals surface area contributed by atoms with E-state index in [0.717, 1.165) is 12.5 Å². The molecule has 0 amide bonds. The van der Waals surface area contributed by atoms with Gasteiger partial charge in [-0.2, -0.15) is 18.4 Å². The first-order chi connectivity index (χ1) is 7.90. The van der Waals surface area contributed by atoms with Crippen LogP contribution >= 0.6 is 0 Å². The number of hydrogen-bond acceptors (Lipinski definition) is 1. The van der Waals surface area contributed by atoms with Crippen LogP contribution in [0, 0.1) is 11.3 Å². The lowest BCUT2D eigenvalue weighted by atomic mass is 9.91. The molecule has 0 spiro atoms. The number of nitrogens with zero attached hydrogens (tertiary/aromatic N) is 1. The molecule has 0 radical (unpaired) electrons. The summed E-state index contributed by atoms with van der Waals surface area (Å²) in [6.07, 6.45) is -2.86. The number of benzene rings is 1. The first-order valence-electron chi connectivity index (χ1n) is 5.51. The molecule has 0 fully saturated rings. The molecule has 0 aliphatic carbocycles. The van der Waals surface area contributed by atoms with Crippen molar-refractivity contribution in [2.45, 2.75) is 38.8 Å². The van der Waals surface area contributed by atoms with E-state index in [-0.39, 0.29) is 17.0 Å². The molecule has 92 valence electrons. The molecule has 0 saturated heterocycles. The number of halogens is 3. The highest BCUT2D eigenvalue weighted by Gasteiger charge is 2.34. The van der Waals surface area contributed by atoms with Gasteiger partial charge in [-0.15, -0.1) is 0 Å². The van der Waals surface area contributed by atoms with Crippen LogP contribution in [0.15, 0.2) is 18.2 Å². The van der Waals surface area contributed by atoms with E-state index in [1.54, 1.807) is 13.0 Å². The minimum atomic E-state index is -4.40. The molecule has 0 aliphatic heterocycles. The molecule has 0 saturated carbocycles. The molecule has 4 heteroatoms. The molecular formula is C13H14F3N. The van der Waals surface area contributed by atoms with E-state index in [1.807, 2.05) is 6.92 Å². The highest BCUT2D eigenvalue weighted by Crippen LogP contribution is 2.36. The maximum atomic E-state index is 12.9. The molecule has 1 unspecified atom stereocenters. The molecule has 1 aromatic rings.